The highest BCUT2D eigenvalue weighted by atomic mass is 35.5. The van der Waals surface area contributed by atoms with Crippen molar-refractivity contribution >= 4 is 28.1 Å². The molecule has 2 aromatic carbocycles. The molecule has 0 saturated heterocycles. The van der Waals surface area contributed by atoms with Gasteiger partial charge in [-0.05, 0) is 31.2 Å². The zero-order chi connectivity index (χ0) is 14.7. The number of nitrogen functional groups attached to an aromatic ring is 1. The third-order valence-corrected chi connectivity index (χ3v) is 4.77. The smallest absolute Gasteiger partial charge is 0.123 e. The van der Waals surface area contributed by atoms with E-state index in [0.717, 1.165) is 16.9 Å². The van der Waals surface area contributed by atoms with Crippen molar-refractivity contribution in [1.82, 2.24) is 0 Å². The summed E-state index contributed by atoms with van der Waals surface area (Å²) in [5.74, 6) is 1.09. The molecule has 3 nitrogen and oxygen atoms in total. The quantitative estimate of drug-likeness (QED) is 0.879. The summed E-state index contributed by atoms with van der Waals surface area (Å²) in [6.07, 6.45) is 0. The second kappa shape index (κ2) is 6.29. The molecule has 0 aliphatic heterocycles. The highest BCUT2D eigenvalue weighted by molar-refractivity contribution is 7.84. The van der Waals surface area contributed by atoms with Gasteiger partial charge < -0.3 is 10.5 Å². The highest BCUT2D eigenvalue weighted by Crippen LogP contribution is 2.27. The van der Waals surface area contributed by atoms with E-state index in [1.54, 1.807) is 25.3 Å². The van der Waals surface area contributed by atoms with Gasteiger partial charge in [0.15, 0.2) is 0 Å². The molecular formula is C15H16ClNO2S. The van der Waals surface area contributed by atoms with Crippen LogP contribution in [0.1, 0.15) is 11.1 Å². The Morgan fingerprint density at radius 2 is 2.00 bits per heavy atom. The number of halogens is 1. The lowest BCUT2D eigenvalue weighted by Gasteiger charge is -2.10. The van der Waals surface area contributed by atoms with Gasteiger partial charge in [-0.25, -0.2) is 0 Å². The molecule has 2 N–H and O–H groups in total. The molecule has 1 atom stereocenters. The Balaban J connectivity index is 2.30. The molecule has 0 aliphatic rings. The summed E-state index contributed by atoms with van der Waals surface area (Å²) in [6, 6.07) is 10.8. The van der Waals surface area contributed by atoms with Crippen LogP contribution in [0.2, 0.25) is 5.02 Å². The second-order valence-corrected chi connectivity index (χ2v) is 6.32. The minimum absolute atomic E-state index is 0.356. The number of aryl methyl sites for hydroxylation is 1. The molecule has 0 amide bonds. The minimum Gasteiger partial charge on any atom is -0.496 e. The number of anilines is 1. The van der Waals surface area contributed by atoms with Crippen molar-refractivity contribution in [2.24, 2.45) is 0 Å². The molecule has 0 radical (unpaired) electrons. The lowest BCUT2D eigenvalue weighted by atomic mass is 10.1. The molecule has 2 aromatic rings. The molecule has 0 saturated carbocycles. The normalized spacial score (nSPS) is 12.2. The first kappa shape index (κ1) is 14.9. The summed E-state index contributed by atoms with van der Waals surface area (Å²) >= 11 is 6.09. The maximum atomic E-state index is 12.5. The van der Waals surface area contributed by atoms with Crippen LogP contribution >= 0.6 is 11.6 Å². The Labute approximate surface area is 126 Å². The Bertz CT molecular complexity index is 658. The van der Waals surface area contributed by atoms with Crippen LogP contribution in [0.15, 0.2) is 41.3 Å². The number of nitrogens with two attached hydrogens (primary N) is 1. The summed E-state index contributed by atoms with van der Waals surface area (Å²) < 4.78 is 17.8. The fourth-order valence-electron chi connectivity index (χ4n) is 1.94. The average molecular weight is 310 g/mol. The molecule has 0 bridgehead atoms. The topological polar surface area (TPSA) is 52.3 Å². The maximum absolute atomic E-state index is 12.5. The predicted octanol–water partition coefficient (Wildman–Crippen LogP) is 3.55. The molecule has 2 rings (SSSR count). The standard InChI is InChI=1S/C15H16ClNO2S/c1-10-3-5-14(19-2)11(7-10)9-20(18)15-6-4-12(17)8-13(15)16/h3-8H,9,17H2,1-2H3. The molecule has 5 heteroatoms. The van der Waals surface area contributed by atoms with E-state index in [9.17, 15) is 4.21 Å². The molecule has 0 spiro atoms. The molecule has 0 fully saturated rings. The summed E-state index contributed by atoms with van der Waals surface area (Å²) in [6.45, 7) is 1.99. The van der Waals surface area contributed by atoms with Gasteiger partial charge in [0.2, 0.25) is 0 Å². The van der Waals surface area contributed by atoms with Gasteiger partial charge in [0.05, 0.1) is 33.6 Å². The highest BCUT2D eigenvalue weighted by Gasteiger charge is 2.13. The zero-order valence-electron chi connectivity index (χ0n) is 11.4. The fraction of sp³-hybridized carbons (Fsp3) is 0.200. The molecule has 106 valence electrons. The lowest BCUT2D eigenvalue weighted by Crippen LogP contribution is -2.01. The summed E-state index contributed by atoms with van der Waals surface area (Å²) in [5.41, 5.74) is 8.20. The second-order valence-electron chi connectivity index (χ2n) is 4.50. The molecule has 0 aromatic heterocycles. The van der Waals surface area contributed by atoms with Crippen LogP contribution in [0.4, 0.5) is 5.69 Å². The SMILES string of the molecule is COc1ccc(C)cc1CS(=O)c1ccc(N)cc1Cl. The van der Waals surface area contributed by atoms with Crippen molar-refractivity contribution in [2.45, 2.75) is 17.6 Å². The van der Waals surface area contributed by atoms with Crippen LogP contribution in [0, 0.1) is 6.92 Å². The van der Waals surface area contributed by atoms with Crippen molar-refractivity contribution in [3.63, 3.8) is 0 Å². The first-order valence-electron chi connectivity index (χ1n) is 6.08. The van der Waals surface area contributed by atoms with E-state index >= 15 is 0 Å². The van der Waals surface area contributed by atoms with E-state index < -0.39 is 10.8 Å². The number of hydrogen-bond acceptors (Lipinski definition) is 3. The van der Waals surface area contributed by atoms with Gasteiger partial charge in [0.1, 0.15) is 5.75 Å². The van der Waals surface area contributed by atoms with Crippen LogP contribution < -0.4 is 10.5 Å². The number of hydrogen-bond donors (Lipinski definition) is 1. The summed E-state index contributed by atoms with van der Waals surface area (Å²) in [7, 11) is 0.363. The van der Waals surface area contributed by atoms with Crippen LogP contribution in [-0.4, -0.2) is 11.3 Å². The van der Waals surface area contributed by atoms with E-state index in [-0.39, 0.29) is 0 Å². The van der Waals surface area contributed by atoms with Crippen LogP contribution in [-0.2, 0) is 16.6 Å². The van der Waals surface area contributed by atoms with Gasteiger partial charge in [-0.2, -0.15) is 0 Å². The Hall–Kier alpha value is -1.52. The molecule has 1 unspecified atom stereocenters. The third-order valence-electron chi connectivity index (χ3n) is 2.92. The molecular weight excluding hydrogens is 294 g/mol. The summed E-state index contributed by atoms with van der Waals surface area (Å²) in [4.78, 5) is 0.587. The first-order valence-corrected chi connectivity index (χ1v) is 7.78. The van der Waals surface area contributed by atoms with Crippen molar-refractivity contribution in [3.8, 4) is 5.75 Å². The lowest BCUT2D eigenvalue weighted by molar-refractivity contribution is 0.411. The number of methoxy groups -OCH3 is 1. The maximum Gasteiger partial charge on any atom is 0.123 e. The van der Waals surface area contributed by atoms with Gasteiger partial charge in [-0.3, -0.25) is 4.21 Å². The van der Waals surface area contributed by atoms with Crippen LogP contribution in [0.3, 0.4) is 0 Å². The Kier molecular flexibility index (Phi) is 4.68. The predicted molar refractivity (Wildman–Crippen MR) is 83.7 cm³/mol. The summed E-state index contributed by atoms with van der Waals surface area (Å²) in [5, 5.41) is 0.426. The van der Waals surface area contributed by atoms with Crippen LogP contribution in [0.5, 0.6) is 5.75 Å². The molecule has 0 heterocycles. The minimum atomic E-state index is -1.24. The van der Waals surface area contributed by atoms with E-state index in [1.165, 1.54) is 0 Å². The van der Waals surface area contributed by atoms with Gasteiger partial charge in [-0.15, -0.1) is 0 Å². The van der Waals surface area contributed by atoms with Crippen molar-refractivity contribution in [2.75, 3.05) is 12.8 Å². The number of ether oxygens (including phenoxy) is 1. The molecule has 20 heavy (non-hydrogen) atoms. The van der Waals surface area contributed by atoms with Gasteiger partial charge in [0, 0.05) is 11.3 Å². The average Bonchev–Trinajstić information content (AvgIpc) is 2.38. The van der Waals surface area contributed by atoms with Crippen molar-refractivity contribution in [3.05, 3.63) is 52.5 Å². The van der Waals surface area contributed by atoms with Crippen molar-refractivity contribution < 1.29 is 8.95 Å². The number of benzene rings is 2. The van der Waals surface area contributed by atoms with Gasteiger partial charge in [0.25, 0.3) is 0 Å². The van der Waals surface area contributed by atoms with E-state index in [1.807, 2.05) is 25.1 Å². The van der Waals surface area contributed by atoms with Crippen LogP contribution in [0.25, 0.3) is 0 Å². The number of rotatable bonds is 4. The third kappa shape index (κ3) is 3.32. The van der Waals surface area contributed by atoms with Gasteiger partial charge >= 0.3 is 0 Å². The monoisotopic (exact) mass is 309 g/mol. The van der Waals surface area contributed by atoms with E-state index in [0.29, 0.717) is 21.4 Å². The Morgan fingerprint density at radius 3 is 2.65 bits per heavy atom. The van der Waals surface area contributed by atoms with Crippen molar-refractivity contribution in [1.29, 1.82) is 0 Å². The van der Waals surface area contributed by atoms with E-state index in [4.69, 9.17) is 22.1 Å². The van der Waals surface area contributed by atoms with E-state index in [2.05, 4.69) is 0 Å². The fourth-order valence-corrected chi connectivity index (χ4v) is 3.55. The molecule has 0 aliphatic carbocycles. The first-order chi connectivity index (χ1) is 9.51. The van der Waals surface area contributed by atoms with Gasteiger partial charge in [-0.1, -0.05) is 29.3 Å². The zero-order valence-corrected chi connectivity index (χ0v) is 12.9. The largest absolute Gasteiger partial charge is 0.496 e. The Morgan fingerprint density at radius 1 is 1.25 bits per heavy atom.